The van der Waals surface area contributed by atoms with Gasteiger partial charge in [-0.3, -0.25) is 0 Å². The topological polar surface area (TPSA) is 37.8 Å². The number of nitrogens with one attached hydrogen (secondary N) is 1. The van der Waals surface area contributed by atoms with Crippen LogP contribution < -0.4 is 5.32 Å². The average molecular weight is 281 g/mol. The van der Waals surface area contributed by atoms with Crippen molar-refractivity contribution in [2.45, 2.75) is 44.9 Å². The minimum absolute atomic E-state index is 0.0380. The van der Waals surface area contributed by atoms with Crippen molar-refractivity contribution in [1.29, 1.82) is 0 Å². The van der Waals surface area contributed by atoms with E-state index in [2.05, 4.69) is 62.5 Å². The third-order valence-electron chi connectivity index (χ3n) is 4.20. The van der Waals surface area contributed by atoms with Crippen LogP contribution in [0.15, 0.2) is 36.4 Å². The first-order valence-corrected chi connectivity index (χ1v) is 7.84. The van der Waals surface area contributed by atoms with E-state index in [-0.39, 0.29) is 5.41 Å². The first-order valence-electron chi connectivity index (χ1n) is 7.84. The maximum absolute atomic E-state index is 4.87. The highest BCUT2D eigenvalue weighted by molar-refractivity contribution is 5.44. The first-order chi connectivity index (χ1) is 10.2. The van der Waals surface area contributed by atoms with Crippen molar-refractivity contribution in [3.05, 3.63) is 53.5 Å². The molecule has 1 aliphatic rings. The summed E-state index contributed by atoms with van der Waals surface area (Å²) in [6.45, 7) is 7.35. The van der Waals surface area contributed by atoms with E-state index >= 15 is 0 Å². The molecule has 3 heteroatoms. The van der Waals surface area contributed by atoms with Gasteiger partial charge in [0.1, 0.15) is 11.6 Å². The van der Waals surface area contributed by atoms with Gasteiger partial charge in [0.25, 0.3) is 0 Å². The molecule has 3 nitrogen and oxygen atoms in total. The summed E-state index contributed by atoms with van der Waals surface area (Å²) in [6.07, 6.45) is 2.29. The zero-order valence-electron chi connectivity index (χ0n) is 13.1. The highest BCUT2D eigenvalue weighted by Gasteiger charge is 2.48. The summed E-state index contributed by atoms with van der Waals surface area (Å²) in [4.78, 5) is 9.67. The lowest BCUT2D eigenvalue weighted by Gasteiger charge is -2.18. The Morgan fingerprint density at radius 1 is 1.14 bits per heavy atom. The van der Waals surface area contributed by atoms with Crippen LogP contribution in [-0.4, -0.2) is 16.5 Å². The van der Waals surface area contributed by atoms with Crippen molar-refractivity contribution in [2.75, 3.05) is 11.9 Å². The molecule has 0 saturated heterocycles. The molecule has 1 fully saturated rings. The molecule has 0 amide bonds. The van der Waals surface area contributed by atoms with Crippen molar-refractivity contribution in [1.82, 2.24) is 9.97 Å². The zero-order valence-corrected chi connectivity index (χ0v) is 13.1. The maximum atomic E-state index is 4.87. The molecule has 0 aliphatic heterocycles. The molecule has 1 saturated carbocycles. The summed E-state index contributed by atoms with van der Waals surface area (Å²) in [5.41, 5.74) is 2.50. The number of hydrogen-bond donors (Lipinski definition) is 1. The Morgan fingerprint density at radius 3 is 2.43 bits per heavy atom. The van der Waals surface area contributed by atoms with Gasteiger partial charge in [0.2, 0.25) is 0 Å². The van der Waals surface area contributed by atoms with Crippen molar-refractivity contribution >= 4 is 5.82 Å². The molecule has 2 aromatic rings. The average Bonchev–Trinajstić information content (AvgIpc) is 3.30. The molecule has 1 aromatic heterocycles. The zero-order chi connectivity index (χ0) is 14.9. The smallest absolute Gasteiger partial charge is 0.141 e. The van der Waals surface area contributed by atoms with E-state index in [0.717, 1.165) is 36.7 Å². The number of anilines is 1. The van der Waals surface area contributed by atoms with Crippen LogP contribution in [0.4, 0.5) is 5.82 Å². The number of aromatic nitrogens is 2. The van der Waals surface area contributed by atoms with Crippen LogP contribution in [0, 0.1) is 0 Å². The summed E-state index contributed by atoms with van der Waals surface area (Å²) in [7, 11) is 0. The van der Waals surface area contributed by atoms with Crippen molar-refractivity contribution in [3.8, 4) is 0 Å². The van der Waals surface area contributed by atoms with Gasteiger partial charge in [0.15, 0.2) is 0 Å². The van der Waals surface area contributed by atoms with Gasteiger partial charge in [-0.25, -0.2) is 9.97 Å². The van der Waals surface area contributed by atoms with E-state index in [0.29, 0.717) is 5.92 Å². The lowest BCUT2D eigenvalue weighted by atomic mass is 9.94. The Labute approximate surface area is 126 Å². The molecule has 0 unspecified atom stereocenters. The van der Waals surface area contributed by atoms with Crippen molar-refractivity contribution in [2.24, 2.45) is 0 Å². The molecule has 0 spiro atoms. The minimum Gasteiger partial charge on any atom is -0.370 e. The quantitative estimate of drug-likeness (QED) is 0.896. The van der Waals surface area contributed by atoms with Gasteiger partial charge in [-0.15, -0.1) is 0 Å². The van der Waals surface area contributed by atoms with Crippen molar-refractivity contribution in [3.63, 3.8) is 0 Å². The predicted octanol–water partition coefficient (Wildman–Crippen LogP) is 4.11. The molecule has 1 aromatic carbocycles. The Kier molecular flexibility index (Phi) is 3.66. The second kappa shape index (κ2) is 5.47. The van der Waals surface area contributed by atoms with Crippen LogP contribution in [0.2, 0.25) is 0 Å². The van der Waals surface area contributed by atoms with Gasteiger partial charge in [-0.05, 0) is 31.2 Å². The minimum atomic E-state index is 0.0380. The molecule has 0 radical (unpaired) electrons. The molecule has 0 bridgehead atoms. The van der Waals surface area contributed by atoms with Gasteiger partial charge < -0.3 is 5.32 Å². The lowest BCUT2D eigenvalue weighted by Crippen LogP contribution is -2.16. The van der Waals surface area contributed by atoms with E-state index in [1.807, 2.05) is 0 Å². The predicted molar refractivity (Wildman–Crippen MR) is 86.7 cm³/mol. The van der Waals surface area contributed by atoms with Crippen LogP contribution in [0.5, 0.6) is 0 Å². The Bertz CT molecular complexity index is 616. The van der Waals surface area contributed by atoms with Gasteiger partial charge in [0.05, 0.1) is 5.41 Å². The van der Waals surface area contributed by atoms with Crippen LogP contribution in [0.1, 0.15) is 56.6 Å². The Morgan fingerprint density at radius 2 is 1.86 bits per heavy atom. The number of benzene rings is 1. The Hall–Kier alpha value is -1.90. The summed E-state index contributed by atoms with van der Waals surface area (Å²) in [5.74, 6) is 2.35. The summed E-state index contributed by atoms with van der Waals surface area (Å²) in [5, 5.41) is 3.34. The van der Waals surface area contributed by atoms with Crippen molar-refractivity contribution < 1.29 is 0 Å². The molecular formula is C18H23N3. The molecule has 21 heavy (non-hydrogen) atoms. The Balaban J connectivity index is 2.05. The fourth-order valence-corrected chi connectivity index (χ4v) is 2.77. The number of nitrogens with zero attached hydrogens (tertiary/aromatic N) is 2. The lowest BCUT2D eigenvalue weighted by molar-refractivity contribution is 0.717. The van der Waals surface area contributed by atoms with Gasteiger partial charge in [0, 0.05) is 18.3 Å². The second-order valence-corrected chi connectivity index (χ2v) is 6.13. The van der Waals surface area contributed by atoms with Gasteiger partial charge >= 0.3 is 0 Å². The summed E-state index contributed by atoms with van der Waals surface area (Å²) >= 11 is 0. The van der Waals surface area contributed by atoms with E-state index in [1.165, 1.54) is 5.56 Å². The second-order valence-electron chi connectivity index (χ2n) is 6.13. The molecule has 1 aliphatic carbocycles. The van der Waals surface area contributed by atoms with Crippen LogP contribution in [0.3, 0.4) is 0 Å². The van der Waals surface area contributed by atoms with Crippen LogP contribution >= 0.6 is 0 Å². The molecule has 0 atom stereocenters. The molecule has 1 N–H and O–H groups in total. The van der Waals surface area contributed by atoms with E-state index < -0.39 is 0 Å². The normalized spacial score (nSPS) is 16.0. The third kappa shape index (κ3) is 2.65. The SMILES string of the molecule is CCNc1cc(C(C)C)nc(C2(c3ccccc3)CC2)n1. The molecule has 110 valence electrons. The van der Waals surface area contributed by atoms with E-state index in [9.17, 15) is 0 Å². The van der Waals surface area contributed by atoms with E-state index in [1.54, 1.807) is 0 Å². The highest BCUT2D eigenvalue weighted by Crippen LogP contribution is 2.52. The third-order valence-corrected chi connectivity index (χ3v) is 4.20. The van der Waals surface area contributed by atoms with Gasteiger partial charge in [-0.2, -0.15) is 0 Å². The monoisotopic (exact) mass is 281 g/mol. The first kappa shape index (κ1) is 14.1. The largest absolute Gasteiger partial charge is 0.370 e. The fourth-order valence-electron chi connectivity index (χ4n) is 2.77. The number of hydrogen-bond acceptors (Lipinski definition) is 3. The molecule has 3 rings (SSSR count). The summed E-state index contributed by atoms with van der Waals surface area (Å²) < 4.78 is 0. The maximum Gasteiger partial charge on any atom is 0.141 e. The molecule has 1 heterocycles. The summed E-state index contributed by atoms with van der Waals surface area (Å²) in [6, 6.07) is 12.8. The van der Waals surface area contributed by atoms with E-state index in [4.69, 9.17) is 9.97 Å². The standard InChI is InChI=1S/C18H23N3/c1-4-19-16-12-15(13(2)3)20-17(21-16)18(10-11-18)14-8-6-5-7-9-14/h5-9,12-13H,4,10-11H2,1-3H3,(H,19,20,21). The van der Waals surface area contributed by atoms with Gasteiger partial charge in [-0.1, -0.05) is 44.2 Å². The molecular weight excluding hydrogens is 258 g/mol. The fraction of sp³-hybridized carbons (Fsp3) is 0.444. The van der Waals surface area contributed by atoms with Crippen LogP contribution in [0.25, 0.3) is 0 Å². The van der Waals surface area contributed by atoms with Crippen LogP contribution in [-0.2, 0) is 5.41 Å². The highest BCUT2D eigenvalue weighted by atomic mass is 15.0. The number of rotatable bonds is 5.